The van der Waals surface area contributed by atoms with Crippen molar-refractivity contribution >= 4 is 11.6 Å². The van der Waals surface area contributed by atoms with Crippen molar-refractivity contribution in [3.63, 3.8) is 0 Å². The number of hydrogen-bond acceptors (Lipinski definition) is 3. The number of rotatable bonds is 7. The van der Waals surface area contributed by atoms with Crippen LogP contribution in [0, 0.1) is 0 Å². The van der Waals surface area contributed by atoms with Crippen molar-refractivity contribution < 1.29 is 4.74 Å². The number of nitrogens with zero attached hydrogens (tertiary/aromatic N) is 2. The molecule has 0 spiro atoms. The Hall–Kier alpha value is -1.36. The Morgan fingerprint density at radius 1 is 1.38 bits per heavy atom. The second kappa shape index (κ2) is 6.60. The molecule has 1 aromatic carbocycles. The molecule has 1 aliphatic rings. The summed E-state index contributed by atoms with van der Waals surface area (Å²) in [5.41, 5.74) is 3.41. The summed E-state index contributed by atoms with van der Waals surface area (Å²) in [5, 5.41) is 8.79. The second-order valence-corrected chi connectivity index (χ2v) is 5.84. The van der Waals surface area contributed by atoms with Gasteiger partial charge in [-0.2, -0.15) is 5.10 Å². The predicted molar refractivity (Wildman–Crippen MR) is 84.1 cm³/mol. The molecule has 1 aromatic heterocycles. The van der Waals surface area contributed by atoms with E-state index in [-0.39, 0.29) is 0 Å². The molecule has 0 unspecified atom stereocenters. The van der Waals surface area contributed by atoms with Crippen LogP contribution >= 0.6 is 11.6 Å². The van der Waals surface area contributed by atoms with Gasteiger partial charge in [-0.15, -0.1) is 0 Å². The first-order chi connectivity index (χ1) is 10.3. The van der Waals surface area contributed by atoms with Gasteiger partial charge in [0.1, 0.15) is 0 Å². The molecule has 5 heteroatoms. The maximum absolute atomic E-state index is 6.15. The van der Waals surface area contributed by atoms with Crippen LogP contribution in [0.1, 0.15) is 30.0 Å². The molecule has 1 aliphatic carbocycles. The summed E-state index contributed by atoms with van der Waals surface area (Å²) < 4.78 is 6.99. The quantitative estimate of drug-likeness (QED) is 0.799. The molecule has 0 atom stereocenters. The van der Waals surface area contributed by atoms with Crippen LogP contribution in [0.3, 0.4) is 0 Å². The average molecular weight is 306 g/mol. The first kappa shape index (κ1) is 14.6. The minimum Gasteiger partial charge on any atom is -0.383 e. The van der Waals surface area contributed by atoms with Gasteiger partial charge in [-0.05, 0) is 36.6 Å². The summed E-state index contributed by atoms with van der Waals surface area (Å²) in [6, 6.07) is 8.05. The molecule has 1 fully saturated rings. The summed E-state index contributed by atoms with van der Waals surface area (Å²) >= 11 is 6.15. The third kappa shape index (κ3) is 3.64. The Balaban J connectivity index is 1.79. The van der Waals surface area contributed by atoms with Crippen LogP contribution < -0.4 is 5.32 Å². The van der Waals surface area contributed by atoms with E-state index in [1.165, 1.54) is 24.1 Å². The van der Waals surface area contributed by atoms with Crippen LogP contribution in [0.2, 0.25) is 5.02 Å². The van der Waals surface area contributed by atoms with Crippen LogP contribution in [0.15, 0.2) is 30.5 Å². The van der Waals surface area contributed by atoms with E-state index in [0.717, 1.165) is 23.8 Å². The predicted octanol–water partition coefficient (Wildman–Crippen LogP) is 3.14. The number of halogens is 1. The molecule has 4 nitrogen and oxygen atoms in total. The van der Waals surface area contributed by atoms with Crippen LogP contribution in [0.4, 0.5) is 0 Å². The Morgan fingerprint density at radius 3 is 3.00 bits per heavy atom. The average Bonchev–Trinajstić information content (AvgIpc) is 3.22. The number of ether oxygens (including phenoxy) is 1. The zero-order chi connectivity index (χ0) is 14.7. The van der Waals surface area contributed by atoms with Crippen LogP contribution in [0.25, 0.3) is 5.69 Å². The maximum Gasteiger partial charge on any atom is 0.0705 e. The smallest absolute Gasteiger partial charge is 0.0705 e. The first-order valence-corrected chi connectivity index (χ1v) is 7.70. The topological polar surface area (TPSA) is 39.1 Å². The summed E-state index contributed by atoms with van der Waals surface area (Å²) in [7, 11) is 1.71. The van der Waals surface area contributed by atoms with Gasteiger partial charge in [0.05, 0.1) is 18.0 Å². The molecule has 1 saturated carbocycles. The van der Waals surface area contributed by atoms with Crippen molar-refractivity contribution in [2.24, 2.45) is 0 Å². The molecule has 0 bridgehead atoms. The molecule has 2 aromatic rings. The lowest BCUT2D eigenvalue weighted by Crippen LogP contribution is -2.19. The van der Waals surface area contributed by atoms with Gasteiger partial charge in [-0.3, -0.25) is 0 Å². The van der Waals surface area contributed by atoms with Crippen molar-refractivity contribution in [1.29, 1.82) is 0 Å². The molecule has 112 valence electrons. The Kier molecular flexibility index (Phi) is 4.58. The highest BCUT2D eigenvalue weighted by Gasteiger charge is 2.26. The lowest BCUT2D eigenvalue weighted by atomic mass is 10.2. The van der Waals surface area contributed by atoms with Crippen LogP contribution in [0.5, 0.6) is 0 Å². The summed E-state index contributed by atoms with van der Waals surface area (Å²) in [4.78, 5) is 0. The highest BCUT2D eigenvalue weighted by Crippen LogP contribution is 2.39. The maximum atomic E-state index is 6.15. The Bertz CT molecular complexity index is 607. The number of methoxy groups -OCH3 is 1. The van der Waals surface area contributed by atoms with Crippen LogP contribution in [-0.4, -0.2) is 30.0 Å². The van der Waals surface area contributed by atoms with Crippen molar-refractivity contribution in [2.75, 3.05) is 20.3 Å². The lowest BCUT2D eigenvalue weighted by Gasteiger charge is -2.11. The van der Waals surface area contributed by atoms with E-state index in [1.807, 2.05) is 23.0 Å². The SMILES string of the molecule is COCCNCc1ccc(Cl)cc1-n1ccc(C2CC2)n1. The van der Waals surface area contributed by atoms with E-state index in [1.54, 1.807) is 7.11 Å². The standard InChI is InChI=1S/C16H20ClN3O/c1-21-9-7-18-11-13-4-5-14(17)10-16(13)20-8-6-15(19-20)12-2-3-12/h4-6,8,10,12,18H,2-3,7,9,11H2,1H3. The van der Waals surface area contributed by atoms with Crippen molar-refractivity contribution in [3.05, 3.63) is 46.7 Å². The number of hydrogen-bond donors (Lipinski definition) is 1. The molecule has 0 aliphatic heterocycles. The minimum atomic E-state index is 0.661. The van der Waals surface area contributed by atoms with Gasteiger partial charge in [-0.1, -0.05) is 17.7 Å². The molecule has 3 rings (SSSR count). The van der Waals surface area contributed by atoms with E-state index < -0.39 is 0 Å². The monoisotopic (exact) mass is 305 g/mol. The zero-order valence-corrected chi connectivity index (χ0v) is 12.9. The molecule has 1 heterocycles. The molecule has 0 radical (unpaired) electrons. The fourth-order valence-corrected chi connectivity index (χ4v) is 2.53. The Morgan fingerprint density at radius 2 is 2.24 bits per heavy atom. The van der Waals surface area contributed by atoms with Gasteiger partial charge < -0.3 is 10.1 Å². The van der Waals surface area contributed by atoms with E-state index in [4.69, 9.17) is 21.4 Å². The summed E-state index contributed by atoms with van der Waals surface area (Å²) in [5.74, 6) is 0.661. The highest BCUT2D eigenvalue weighted by atomic mass is 35.5. The molecular weight excluding hydrogens is 286 g/mol. The van der Waals surface area contributed by atoms with Gasteiger partial charge in [0, 0.05) is 37.3 Å². The van der Waals surface area contributed by atoms with E-state index in [2.05, 4.69) is 17.4 Å². The fourth-order valence-electron chi connectivity index (χ4n) is 2.37. The molecule has 0 amide bonds. The Labute approximate surface area is 130 Å². The first-order valence-electron chi connectivity index (χ1n) is 7.32. The van der Waals surface area contributed by atoms with Gasteiger partial charge in [-0.25, -0.2) is 4.68 Å². The number of nitrogens with one attached hydrogen (secondary N) is 1. The minimum absolute atomic E-state index is 0.661. The van der Waals surface area contributed by atoms with Gasteiger partial charge in [0.25, 0.3) is 0 Å². The van der Waals surface area contributed by atoms with E-state index >= 15 is 0 Å². The van der Waals surface area contributed by atoms with E-state index in [0.29, 0.717) is 12.5 Å². The largest absolute Gasteiger partial charge is 0.383 e. The second-order valence-electron chi connectivity index (χ2n) is 5.40. The summed E-state index contributed by atoms with van der Waals surface area (Å²) in [6.07, 6.45) is 4.55. The molecule has 21 heavy (non-hydrogen) atoms. The van der Waals surface area contributed by atoms with Crippen molar-refractivity contribution in [2.45, 2.75) is 25.3 Å². The number of benzene rings is 1. The lowest BCUT2D eigenvalue weighted by molar-refractivity contribution is 0.199. The highest BCUT2D eigenvalue weighted by molar-refractivity contribution is 6.30. The summed E-state index contributed by atoms with van der Waals surface area (Å²) in [6.45, 7) is 2.30. The third-order valence-corrected chi connectivity index (χ3v) is 3.93. The van der Waals surface area contributed by atoms with Gasteiger partial charge in [0.2, 0.25) is 0 Å². The van der Waals surface area contributed by atoms with Crippen molar-refractivity contribution in [3.8, 4) is 5.69 Å². The van der Waals surface area contributed by atoms with E-state index in [9.17, 15) is 0 Å². The van der Waals surface area contributed by atoms with Crippen molar-refractivity contribution in [1.82, 2.24) is 15.1 Å². The molecular formula is C16H20ClN3O. The fraction of sp³-hybridized carbons (Fsp3) is 0.438. The van der Waals surface area contributed by atoms with Crippen LogP contribution in [-0.2, 0) is 11.3 Å². The zero-order valence-electron chi connectivity index (χ0n) is 12.2. The molecule has 0 saturated heterocycles. The third-order valence-electron chi connectivity index (χ3n) is 3.70. The number of aromatic nitrogens is 2. The normalized spacial score (nSPS) is 14.6. The van der Waals surface area contributed by atoms with Gasteiger partial charge in [0.15, 0.2) is 0 Å². The molecule has 1 N–H and O–H groups in total. The van der Waals surface area contributed by atoms with Gasteiger partial charge >= 0.3 is 0 Å².